The molecule has 0 saturated heterocycles. The van der Waals surface area contributed by atoms with Gasteiger partial charge < -0.3 is 16.4 Å². The first-order chi connectivity index (χ1) is 8.62. The van der Waals surface area contributed by atoms with E-state index in [1.165, 1.54) is 0 Å². The average Bonchev–Trinajstić information content (AvgIpc) is 2.38. The molecule has 0 heterocycles. The maximum atomic E-state index is 11.8. The summed E-state index contributed by atoms with van der Waals surface area (Å²) in [5, 5.41) is 6.16. The van der Waals surface area contributed by atoms with Crippen LogP contribution in [0.2, 0.25) is 0 Å². The van der Waals surface area contributed by atoms with E-state index in [9.17, 15) is 4.79 Å². The Morgan fingerprint density at radius 2 is 1.94 bits per heavy atom. The molecule has 0 aliphatic carbocycles. The summed E-state index contributed by atoms with van der Waals surface area (Å²) in [6, 6.07) is 5.73. The van der Waals surface area contributed by atoms with Gasteiger partial charge in [-0.2, -0.15) is 0 Å². The van der Waals surface area contributed by atoms with Gasteiger partial charge in [-0.05, 0) is 38.0 Å². The Kier molecular flexibility index (Phi) is 5.49. The summed E-state index contributed by atoms with van der Waals surface area (Å²) in [6.07, 6.45) is 2.06. The van der Waals surface area contributed by atoms with Gasteiger partial charge in [-0.25, -0.2) is 0 Å². The number of hydrogen-bond acceptors (Lipinski definition) is 3. The number of nitrogen functional groups attached to an aromatic ring is 1. The Morgan fingerprint density at radius 1 is 1.28 bits per heavy atom. The summed E-state index contributed by atoms with van der Waals surface area (Å²) < 4.78 is 0. The third kappa shape index (κ3) is 3.65. The number of nitrogens with one attached hydrogen (secondary N) is 2. The molecule has 0 atom stereocenters. The van der Waals surface area contributed by atoms with E-state index in [0.717, 1.165) is 18.5 Å². The number of anilines is 2. The van der Waals surface area contributed by atoms with Gasteiger partial charge in [0.1, 0.15) is 0 Å². The van der Waals surface area contributed by atoms with E-state index < -0.39 is 0 Å². The summed E-state index contributed by atoms with van der Waals surface area (Å²) in [5.74, 6) is -0.0647. The number of nitrogens with two attached hydrogens (primary N) is 1. The van der Waals surface area contributed by atoms with Crippen LogP contribution in [0.15, 0.2) is 18.2 Å². The maximum Gasteiger partial charge on any atom is 0.251 e. The molecule has 0 unspecified atom stereocenters. The van der Waals surface area contributed by atoms with Gasteiger partial charge in [0.05, 0.1) is 11.4 Å². The smallest absolute Gasteiger partial charge is 0.251 e. The van der Waals surface area contributed by atoms with Gasteiger partial charge in [-0.3, -0.25) is 4.79 Å². The van der Waals surface area contributed by atoms with Crippen LogP contribution in [0.5, 0.6) is 0 Å². The van der Waals surface area contributed by atoms with Crippen molar-refractivity contribution in [2.75, 3.05) is 17.6 Å². The normalized spacial score (nSPS) is 10.4. The summed E-state index contributed by atoms with van der Waals surface area (Å²) in [7, 11) is 0. The molecule has 4 heteroatoms. The molecule has 0 aromatic heterocycles. The largest absolute Gasteiger partial charge is 0.397 e. The fourth-order valence-electron chi connectivity index (χ4n) is 1.80. The van der Waals surface area contributed by atoms with Crippen LogP contribution < -0.4 is 16.4 Å². The standard InChI is InChI=1S/C14H23N3O/c1-4-11(5-2)17-13-9-10(7-8-12(13)15)14(18)16-6-3/h7-9,11,17H,4-6,15H2,1-3H3,(H,16,18). The zero-order valence-corrected chi connectivity index (χ0v) is 11.4. The summed E-state index contributed by atoms with van der Waals surface area (Å²) in [6.45, 7) is 6.78. The van der Waals surface area contributed by atoms with E-state index in [1.807, 2.05) is 13.0 Å². The fraction of sp³-hybridized carbons (Fsp3) is 0.500. The summed E-state index contributed by atoms with van der Waals surface area (Å²) in [4.78, 5) is 11.8. The van der Waals surface area contributed by atoms with Crippen molar-refractivity contribution in [2.24, 2.45) is 0 Å². The molecule has 0 aliphatic heterocycles. The van der Waals surface area contributed by atoms with Crippen molar-refractivity contribution < 1.29 is 4.79 Å². The van der Waals surface area contributed by atoms with Gasteiger partial charge in [0.2, 0.25) is 0 Å². The molecule has 0 spiro atoms. The molecule has 0 bridgehead atoms. The van der Waals surface area contributed by atoms with E-state index in [0.29, 0.717) is 23.8 Å². The first kappa shape index (κ1) is 14.4. The van der Waals surface area contributed by atoms with Crippen molar-refractivity contribution >= 4 is 17.3 Å². The topological polar surface area (TPSA) is 67.2 Å². The first-order valence-corrected chi connectivity index (χ1v) is 6.56. The number of rotatable bonds is 6. The van der Waals surface area contributed by atoms with Crippen molar-refractivity contribution in [3.8, 4) is 0 Å². The molecule has 1 aromatic carbocycles. The second-order valence-corrected chi connectivity index (χ2v) is 4.32. The molecule has 100 valence electrons. The Labute approximate surface area is 109 Å². The molecule has 18 heavy (non-hydrogen) atoms. The van der Waals surface area contributed by atoms with Crippen molar-refractivity contribution in [3.63, 3.8) is 0 Å². The fourth-order valence-corrected chi connectivity index (χ4v) is 1.80. The van der Waals surface area contributed by atoms with Crippen LogP contribution in [-0.4, -0.2) is 18.5 Å². The predicted molar refractivity (Wildman–Crippen MR) is 76.9 cm³/mol. The van der Waals surface area contributed by atoms with Gasteiger partial charge in [0.15, 0.2) is 0 Å². The maximum absolute atomic E-state index is 11.8. The molecule has 1 aromatic rings. The van der Waals surface area contributed by atoms with Crippen molar-refractivity contribution in [1.29, 1.82) is 0 Å². The second kappa shape index (κ2) is 6.89. The Bertz CT molecular complexity index is 400. The predicted octanol–water partition coefficient (Wildman–Crippen LogP) is 2.62. The highest BCUT2D eigenvalue weighted by Gasteiger charge is 2.10. The van der Waals surface area contributed by atoms with E-state index in [-0.39, 0.29) is 5.91 Å². The Morgan fingerprint density at radius 3 is 2.50 bits per heavy atom. The van der Waals surface area contributed by atoms with Crippen molar-refractivity contribution in [3.05, 3.63) is 23.8 Å². The minimum Gasteiger partial charge on any atom is -0.397 e. The zero-order chi connectivity index (χ0) is 13.5. The second-order valence-electron chi connectivity index (χ2n) is 4.32. The van der Waals surface area contributed by atoms with Crippen LogP contribution in [-0.2, 0) is 0 Å². The molecule has 0 aliphatic rings. The highest BCUT2D eigenvalue weighted by Crippen LogP contribution is 2.22. The number of carbonyl (C=O) groups excluding carboxylic acids is 1. The van der Waals surface area contributed by atoms with E-state index in [1.54, 1.807) is 12.1 Å². The van der Waals surface area contributed by atoms with Gasteiger partial charge in [-0.1, -0.05) is 13.8 Å². The molecule has 0 saturated carbocycles. The van der Waals surface area contributed by atoms with Crippen LogP contribution >= 0.6 is 0 Å². The molecule has 0 radical (unpaired) electrons. The molecule has 4 N–H and O–H groups in total. The molecular weight excluding hydrogens is 226 g/mol. The summed E-state index contributed by atoms with van der Waals surface area (Å²) >= 11 is 0. The molecule has 1 rings (SSSR count). The van der Waals surface area contributed by atoms with Crippen LogP contribution in [0, 0.1) is 0 Å². The average molecular weight is 249 g/mol. The molecule has 4 nitrogen and oxygen atoms in total. The first-order valence-electron chi connectivity index (χ1n) is 6.56. The highest BCUT2D eigenvalue weighted by molar-refractivity contribution is 5.96. The quantitative estimate of drug-likeness (QED) is 0.679. The molecule has 1 amide bonds. The molecular formula is C14H23N3O. The van der Waals surface area contributed by atoms with Gasteiger partial charge >= 0.3 is 0 Å². The van der Waals surface area contributed by atoms with Crippen LogP contribution in [0.1, 0.15) is 44.0 Å². The lowest BCUT2D eigenvalue weighted by Gasteiger charge is -2.18. The number of amides is 1. The van der Waals surface area contributed by atoms with Crippen molar-refractivity contribution in [2.45, 2.75) is 39.7 Å². The molecule has 0 fully saturated rings. The lowest BCUT2D eigenvalue weighted by atomic mass is 10.1. The van der Waals surface area contributed by atoms with Crippen LogP contribution in [0.25, 0.3) is 0 Å². The SMILES string of the molecule is CCNC(=O)c1ccc(N)c(NC(CC)CC)c1. The van der Waals surface area contributed by atoms with E-state index >= 15 is 0 Å². The Balaban J connectivity index is 2.90. The minimum atomic E-state index is -0.0647. The third-order valence-electron chi connectivity index (χ3n) is 3.00. The minimum absolute atomic E-state index is 0.0647. The lowest BCUT2D eigenvalue weighted by molar-refractivity contribution is 0.0956. The highest BCUT2D eigenvalue weighted by atomic mass is 16.1. The van der Waals surface area contributed by atoms with Gasteiger partial charge in [-0.15, -0.1) is 0 Å². The zero-order valence-electron chi connectivity index (χ0n) is 11.4. The van der Waals surface area contributed by atoms with Gasteiger partial charge in [0.25, 0.3) is 5.91 Å². The van der Waals surface area contributed by atoms with Crippen LogP contribution in [0.3, 0.4) is 0 Å². The van der Waals surface area contributed by atoms with Crippen molar-refractivity contribution in [1.82, 2.24) is 5.32 Å². The lowest BCUT2D eigenvalue weighted by Crippen LogP contribution is -2.23. The third-order valence-corrected chi connectivity index (χ3v) is 3.00. The van der Waals surface area contributed by atoms with E-state index in [2.05, 4.69) is 24.5 Å². The van der Waals surface area contributed by atoms with Crippen LogP contribution in [0.4, 0.5) is 11.4 Å². The van der Waals surface area contributed by atoms with E-state index in [4.69, 9.17) is 5.73 Å². The number of hydrogen-bond donors (Lipinski definition) is 3. The van der Waals surface area contributed by atoms with Gasteiger partial charge in [0, 0.05) is 18.2 Å². The Hall–Kier alpha value is -1.71. The monoisotopic (exact) mass is 249 g/mol. The number of benzene rings is 1. The number of carbonyl (C=O) groups is 1. The summed E-state index contributed by atoms with van der Waals surface area (Å²) in [5.41, 5.74) is 8.08.